The molecule has 1 aromatic carbocycles. The van der Waals surface area contributed by atoms with Gasteiger partial charge in [-0.1, -0.05) is 0 Å². The molecular weight excluding hydrogens is 408 g/mol. The maximum atomic E-state index is 12.5. The number of sulfonamides is 1. The van der Waals surface area contributed by atoms with E-state index in [4.69, 9.17) is 9.47 Å². The minimum absolute atomic E-state index is 0.127. The largest absolute Gasteiger partial charge is 0.486 e. The molecule has 11 heteroatoms. The van der Waals surface area contributed by atoms with Gasteiger partial charge in [-0.2, -0.15) is 0 Å². The van der Waals surface area contributed by atoms with Crippen LogP contribution in [0.25, 0.3) is 5.82 Å². The molecule has 1 aliphatic rings. The van der Waals surface area contributed by atoms with Crippen molar-refractivity contribution in [3.8, 4) is 17.3 Å². The fourth-order valence-electron chi connectivity index (χ4n) is 2.96. The van der Waals surface area contributed by atoms with Gasteiger partial charge in [0.05, 0.1) is 10.6 Å². The number of anilines is 1. The molecule has 0 aliphatic carbocycles. The van der Waals surface area contributed by atoms with E-state index in [2.05, 4.69) is 25.0 Å². The number of aryl methyl sites for hydroxylation is 1. The van der Waals surface area contributed by atoms with Crippen molar-refractivity contribution in [1.82, 2.24) is 24.2 Å². The highest BCUT2D eigenvalue weighted by Gasteiger charge is 2.19. The Morgan fingerprint density at radius 1 is 1.03 bits per heavy atom. The average molecular weight is 430 g/mol. The molecule has 0 amide bonds. The minimum atomic E-state index is -3.67. The lowest BCUT2D eigenvalue weighted by Gasteiger charge is -2.19. The summed E-state index contributed by atoms with van der Waals surface area (Å²) in [4.78, 5) is 12.8. The van der Waals surface area contributed by atoms with Crippen molar-refractivity contribution in [3.63, 3.8) is 0 Å². The van der Waals surface area contributed by atoms with E-state index in [1.54, 1.807) is 18.5 Å². The zero-order valence-electron chi connectivity index (χ0n) is 16.6. The molecule has 0 atom stereocenters. The normalized spacial score (nSPS) is 13.3. The fourth-order valence-corrected chi connectivity index (χ4v) is 4.00. The molecule has 158 valence electrons. The number of nitrogens with zero attached hydrogens (tertiary/aromatic N) is 4. The molecule has 0 fully saturated rings. The van der Waals surface area contributed by atoms with Gasteiger partial charge in [0, 0.05) is 30.9 Å². The second-order valence-corrected chi connectivity index (χ2v) is 8.44. The Morgan fingerprint density at radius 2 is 1.83 bits per heavy atom. The predicted molar refractivity (Wildman–Crippen MR) is 110 cm³/mol. The number of imidazole rings is 1. The Kier molecular flexibility index (Phi) is 5.55. The third-order valence-electron chi connectivity index (χ3n) is 4.70. The van der Waals surface area contributed by atoms with E-state index in [0.29, 0.717) is 42.9 Å². The molecule has 0 bridgehead atoms. The van der Waals surface area contributed by atoms with Gasteiger partial charge < -0.3 is 14.8 Å². The molecule has 0 unspecified atom stereocenters. The van der Waals surface area contributed by atoms with Crippen molar-refractivity contribution < 1.29 is 17.9 Å². The van der Waals surface area contributed by atoms with E-state index in [9.17, 15) is 8.42 Å². The maximum absolute atomic E-state index is 12.5. The molecule has 10 nitrogen and oxygen atoms in total. The van der Waals surface area contributed by atoms with E-state index in [1.807, 2.05) is 18.4 Å². The van der Waals surface area contributed by atoms with Crippen molar-refractivity contribution in [2.24, 2.45) is 0 Å². The van der Waals surface area contributed by atoms with Crippen LogP contribution in [0.4, 0.5) is 5.82 Å². The number of hydrogen-bond donors (Lipinski definition) is 2. The molecular formula is C19H22N6O4S. The van der Waals surface area contributed by atoms with Crippen LogP contribution >= 0.6 is 0 Å². The minimum Gasteiger partial charge on any atom is -0.486 e. The number of rotatable bonds is 7. The van der Waals surface area contributed by atoms with Crippen molar-refractivity contribution in [2.75, 3.05) is 31.6 Å². The third kappa shape index (κ3) is 4.21. The summed E-state index contributed by atoms with van der Waals surface area (Å²) in [6.07, 6.45) is 3.16. The molecule has 0 saturated heterocycles. The lowest BCUT2D eigenvalue weighted by atomic mass is 10.3. The summed E-state index contributed by atoms with van der Waals surface area (Å²) in [6, 6.07) is 6.35. The number of aromatic nitrogens is 4. The summed E-state index contributed by atoms with van der Waals surface area (Å²) in [7, 11) is -3.67. The lowest BCUT2D eigenvalue weighted by molar-refractivity contribution is 0.171. The van der Waals surface area contributed by atoms with E-state index in [1.165, 1.54) is 18.5 Å². The summed E-state index contributed by atoms with van der Waals surface area (Å²) in [6.45, 7) is 5.27. The van der Waals surface area contributed by atoms with Gasteiger partial charge in [0.15, 0.2) is 11.5 Å². The Balaban J connectivity index is 1.36. The van der Waals surface area contributed by atoms with Crippen LogP contribution in [0.5, 0.6) is 11.5 Å². The summed E-state index contributed by atoms with van der Waals surface area (Å²) in [5.74, 6) is 2.25. The molecule has 0 saturated carbocycles. The van der Waals surface area contributed by atoms with Crippen LogP contribution in [-0.2, 0) is 10.0 Å². The lowest BCUT2D eigenvalue weighted by Crippen LogP contribution is -2.29. The highest BCUT2D eigenvalue weighted by atomic mass is 32.2. The molecule has 3 heterocycles. The standard InChI is InChI=1S/C19H22N6O4S/c1-13-14(2)25(12-23-13)19-10-18(21-11-22-19)20-5-6-24-30(26,27)15-3-4-16-17(9-15)29-8-7-28-16/h3-4,9-12,24H,5-8H2,1-2H3,(H,20,21,22). The number of nitrogens with one attached hydrogen (secondary N) is 2. The van der Waals surface area contributed by atoms with Crippen LogP contribution < -0.4 is 19.5 Å². The van der Waals surface area contributed by atoms with Crippen molar-refractivity contribution in [2.45, 2.75) is 18.7 Å². The van der Waals surface area contributed by atoms with E-state index in [0.717, 1.165) is 11.4 Å². The van der Waals surface area contributed by atoms with Crippen molar-refractivity contribution >= 4 is 15.8 Å². The first-order chi connectivity index (χ1) is 14.4. The van der Waals surface area contributed by atoms with Crippen molar-refractivity contribution in [1.29, 1.82) is 0 Å². The van der Waals surface area contributed by atoms with Gasteiger partial charge in [-0.15, -0.1) is 0 Å². The van der Waals surface area contributed by atoms with Gasteiger partial charge in [0.2, 0.25) is 10.0 Å². The molecule has 4 rings (SSSR count). The van der Waals surface area contributed by atoms with Gasteiger partial charge in [-0.3, -0.25) is 4.57 Å². The van der Waals surface area contributed by atoms with Gasteiger partial charge >= 0.3 is 0 Å². The summed E-state index contributed by atoms with van der Waals surface area (Å²) in [5.41, 5.74) is 1.92. The molecule has 0 spiro atoms. The van der Waals surface area contributed by atoms with Gasteiger partial charge in [-0.25, -0.2) is 28.1 Å². The predicted octanol–water partition coefficient (Wildman–Crippen LogP) is 1.44. The second kappa shape index (κ2) is 8.28. The molecule has 30 heavy (non-hydrogen) atoms. The quantitative estimate of drug-likeness (QED) is 0.540. The molecule has 1 aliphatic heterocycles. The first-order valence-electron chi connectivity index (χ1n) is 9.40. The van der Waals surface area contributed by atoms with Crippen LogP contribution in [0.3, 0.4) is 0 Å². The molecule has 3 aromatic rings. The van der Waals surface area contributed by atoms with E-state index < -0.39 is 10.0 Å². The highest BCUT2D eigenvalue weighted by Crippen LogP contribution is 2.32. The first-order valence-corrected chi connectivity index (χ1v) is 10.9. The third-order valence-corrected chi connectivity index (χ3v) is 6.16. The number of ether oxygens (including phenoxy) is 2. The van der Waals surface area contributed by atoms with Crippen LogP contribution in [0.15, 0.2) is 41.8 Å². The van der Waals surface area contributed by atoms with Gasteiger partial charge in [0.25, 0.3) is 0 Å². The molecule has 2 N–H and O–H groups in total. The van der Waals surface area contributed by atoms with E-state index in [-0.39, 0.29) is 11.4 Å². The topological polar surface area (TPSA) is 120 Å². The van der Waals surface area contributed by atoms with Crippen molar-refractivity contribution in [3.05, 3.63) is 48.3 Å². The first kappa shape index (κ1) is 20.1. The Bertz CT molecular complexity index is 1160. The number of hydrogen-bond acceptors (Lipinski definition) is 8. The monoisotopic (exact) mass is 430 g/mol. The zero-order chi connectivity index (χ0) is 21.1. The fraction of sp³-hybridized carbons (Fsp3) is 0.316. The molecule has 2 aromatic heterocycles. The smallest absolute Gasteiger partial charge is 0.240 e. The Morgan fingerprint density at radius 3 is 2.60 bits per heavy atom. The maximum Gasteiger partial charge on any atom is 0.240 e. The summed E-state index contributed by atoms with van der Waals surface area (Å²) < 4.78 is 40.4. The molecule has 0 radical (unpaired) electrons. The Hall–Kier alpha value is -3.18. The average Bonchev–Trinajstić information content (AvgIpc) is 3.09. The zero-order valence-corrected chi connectivity index (χ0v) is 17.4. The SMILES string of the molecule is Cc1ncn(-c2cc(NCCNS(=O)(=O)c3ccc4c(c3)OCCO4)ncn2)c1C. The number of fused-ring (bicyclic) bond motifs is 1. The Labute approximate surface area is 174 Å². The highest BCUT2D eigenvalue weighted by molar-refractivity contribution is 7.89. The number of benzene rings is 1. The van der Waals surface area contributed by atoms with Crippen LogP contribution in [0, 0.1) is 13.8 Å². The van der Waals surface area contributed by atoms with Crippen LogP contribution in [0.1, 0.15) is 11.4 Å². The van der Waals surface area contributed by atoms with Gasteiger partial charge in [-0.05, 0) is 26.0 Å². The van der Waals surface area contributed by atoms with E-state index >= 15 is 0 Å². The summed E-state index contributed by atoms with van der Waals surface area (Å²) in [5, 5.41) is 3.10. The summed E-state index contributed by atoms with van der Waals surface area (Å²) >= 11 is 0. The second-order valence-electron chi connectivity index (χ2n) is 6.68. The van der Waals surface area contributed by atoms with Gasteiger partial charge in [0.1, 0.15) is 37.5 Å². The van der Waals surface area contributed by atoms with Crippen LogP contribution in [0.2, 0.25) is 0 Å². The van der Waals surface area contributed by atoms with Crippen LogP contribution in [-0.4, -0.2) is 54.2 Å².